The minimum absolute atomic E-state index is 0.148. The van der Waals surface area contributed by atoms with Crippen LogP contribution in [0.1, 0.15) is 13.8 Å². The van der Waals surface area contributed by atoms with Gasteiger partial charge in [-0.05, 0) is 0 Å². The number of aromatic nitrogens is 2. The first-order valence-corrected chi connectivity index (χ1v) is 8.35. The molecule has 9 nitrogen and oxygen atoms in total. The van der Waals surface area contributed by atoms with Crippen LogP contribution < -0.4 is 16.0 Å². The van der Waals surface area contributed by atoms with Gasteiger partial charge in [0.1, 0.15) is 6.73 Å². The molecule has 10 heteroatoms. The molecular formula is C14H27N3O6S. The molecule has 0 aliphatic carbocycles. The third-order valence-electron chi connectivity index (χ3n) is 2.26. The summed E-state index contributed by atoms with van der Waals surface area (Å²) in [5.74, 6) is -0.165. The van der Waals surface area contributed by atoms with E-state index in [1.165, 1.54) is 50.1 Å². The fraction of sp³-hybridized carbons (Fsp3) is 0.643. The van der Waals surface area contributed by atoms with Gasteiger partial charge in [-0.25, -0.2) is 4.79 Å². The number of nitrogens with zero attached hydrogens (tertiary/aromatic N) is 1. The van der Waals surface area contributed by atoms with Crippen LogP contribution in [0.25, 0.3) is 0 Å². The molecule has 140 valence electrons. The molecule has 0 fully saturated rings. The Kier molecular flexibility index (Phi) is 16.7. The predicted octanol–water partition coefficient (Wildman–Crippen LogP) is 0.209. The lowest BCUT2D eigenvalue weighted by atomic mass is 10.4. The molecule has 1 unspecified atom stereocenters. The first-order valence-electron chi connectivity index (χ1n) is 7.13. The normalized spacial score (nSPS) is 10.6. The molecule has 0 aliphatic rings. The van der Waals surface area contributed by atoms with Gasteiger partial charge in [0.15, 0.2) is 6.10 Å². The Hall–Kier alpha value is -1.62. The highest BCUT2D eigenvalue weighted by atomic mass is 32.2. The van der Waals surface area contributed by atoms with Crippen molar-refractivity contribution in [2.75, 3.05) is 34.2 Å². The quantitative estimate of drug-likeness (QED) is 0.664. The van der Waals surface area contributed by atoms with Gasteiger partial charge in [-0.2, -0.15) is 0 Å². The Morgan fingerprint density at radius 3 is 2.33 bits per heavy atom. The number of rotatable bonds is 7. The van der Waals surface area contributed by atoms with Crippen LogP contribution in [0.2, 0.25) is 0 Å². The number of carbonyl (C=O) groups excluding carboxylic acids is 1. The standard InChI is InChI=1S/C6H8N2O3.C6H13NO3S.C2H6/c1-11-4-8-3-2-5(9)7-6(8)10;1-9-4-5(10-2)6(8)7-11-3;1-2/h2-3H,4H2,1H3,(H,7,9,10);5H,4H2,1-3H3,(H,7,8);1-2H3. The first-order chi connectivity index (χ1) is 11.5. The summed E-state index contributed by atoms with van der Waals surface area (Å²) < 4.78 is 18.1. The molecule has 0 radical (unpaired) electrons. The molecule has 0 saturated heterocycles. The number of H-pyrrole nitrogens is 1. The van der Waals surface area contributed by atoms with Crippen molar-refractivity contribution < 1.29 is 19.0 Å². The zero-order valence-electron chi connectivity index (χ0n) is 15.0. The largest absolute Gasteiger partial charge is 0.381 e. The molecule has 0 saturated carbocycles. The summed E-state index contributed by atoms with van der Waals surface area (Å²) in [5, 5.41) is 0. The number of amides is 1. The van der Waals surface area contributed by atoms with Crippen molar-refractivity contribution in [2.24, 2.45) is 0 Å². The molecule has 0 bridgehead atoms. The summed E-state index contributed by atoms with van der Waals surface area (Å²) in [7, 11) is 4.47. The number of hydrogen-bond donors (Lipinski definition) is 2. The zero-order chi connectivity index (χ0) is 19.0. The van der Waals surface area contributed by atoms with E-state index < -0.39 is 17.4 Å². The van der Waals surface area contributed by atoms with Gasteiger partial charge >= 0.3 is 5.69 Å². The minimum atomic E-state index is -0.507. The summed E-state index contributed by atoms with van der Waals surface area (Å²) in [6, 6.07) is 1.26. The van der Waals surface area contributed by atoms with E-state index in [4.69, 9.17) is 9.47 Å². The molecule has 1 rings (SSSR count). The Morgan fingerprint density at radius 2 is 1.92 bits per heavy atom. The lowest BCUT2D eigenvalue weighted by molar-refractivity contribution is -0.131. The molecule has 0 aromatic carbocycles. The van der Waals surface area contributed by atoms with E-state index in [1.54, 1.807) is 6.26 Å². The molecule has 1 aromatic heterocycles. The second-order valence-electron chi connectivity index (χ2n) is 3.85. The van der Waals surface area contributed by atoms with Crippen LogP contribution >= 0.6 is 11.9 Å². The highest BCUT2D eigenvalue weighted by Crippen LogP contribution is 1.93. The monoisotopic (exact) mass is 365 g/mol. The van der Waals surface area contributed by atoms with E-state index in [0.29, 0.717) is 0 Å². The van der Waals surface area contributed by atoms with Gasteiger partial charge in [0, 0.05) is 39.8 Å². The maximum Gasteiger partial charge on any atom is 0.330 e. The van der Waals surface area contributed by atoms with E-state index in [0.717, 1.165) is 0 Å². The number of nitrogens with one attached hydrogen (secondary N) is 2. The highest BCUT2D eigenvalue weighted by Gasteiger charge is 2.16. The van der Waals surface area contributed by atoms with Crippen molar-refractivity contribution in [3.05, 3.63) is 33.1 Å². The zero-order valence-corrected chi connectivity index (χ0v) is 15.8. The Labute approximate surface area is 145 Å². The molecule has 1 aromatic rings. The second-order valence-corrected chi connectivity index (χ2v) is 4.46. The van der Waals surface area contributed by atoms with Crippen molar-refractivity contribution >= 4 is 17.9 Å². The van der Waals surface area contributed by atoms with E-state index in [1.807, 2.05) is 13.8 Å². The van der Waals surface area contributed by atoms with Gasteiger partial charge in [0.25, 0.3) is 11.5 Å². The molecule has 1 heterocycles. The molecule has 0 aliphatic heterocycles. The highest BCUT2D eigenvalue weighted by molar-refractivity contribution is 7.97. The average molecular weight is 365 g/mol. The summed E-state index contributed by atoms with van der Waals surface area (Å²) in [5.41, 5.74) is -0.860. The molecule has 1 amide bonds. The molecule has 24 heavy (non-hydrogen) atoms. The molecule has 1 atom stereocenters. The van der Waals surface area contributed by atoms with Crippen LogP contribution in [-0.2, 0) is 25.7 Å². The van der Waals surface area contributed by atoms with E-state index in [2.05, 4.69) is 14.4 Å². The van der Waals surface area contributed by atoms with Gasteiger partial charge < -0.3 is 14.2 Å². The van der Waals surface area contributed by atoms with E-state index in [-0.39, 0.29) is 19.2 Å². The van der Waals surface area contributed by atoms with Crippen molar-refractivity contribution in [3.8, 4) is 0 Å². The van der Waals surface area contributed by atoms with Gasteiger partial charge in [0.2, 0.25) is 0 Å². The lowest BCUT2D eigenvalue weighted by Gasteiger charge is -2.12. The van der Waals surface area contributed by atoms with Crippen LogP contribution in [0.3, 0.4) is 0 Å². The number of aromatic amines is 1. The molecule has 2 N–H and O–H groups in total. The first kappa shape index (κ1) is 24.6. The number of carbonyl (C=O) groups is 1. The number of hydrogen-bond acceptors (Lipinski definition) is 7. The van der Waals surface area contributed by atoms with Crippen LogP contribution in [0.5, 0.6) is 0 Å². The summed E-state index contributed by atoms with van der Waals surface area (Å²) in [6.45, 7) is 4.43. The Balaban J connectivity index is 0. The third kappa shape index (κ3) is 11.0. The maximum absolute atomic E-state index is 11.0. The van der Waals surface area contributed by atoms with Crippen LogP contribution in [0.4, 0.5) is 0 Å². The Morgan fingerprint density at radius 1 is 1.29 bits per heavy atom. The lowest BCUT2D eigenvalue weighted by Crippen LogP contribution is -2.35. The summed E-state index contributed by atoms with van der Waals surface area (Å²) >= 11 is 1.24. The van der Waals surface area contributed by atoms with Crippen molar-refractivity contribution in [1.29, 1.82) is 0 Å². The second kappa shape index (κ2) is 16.2. The third-order valence-corrected chi connectivity index (χ3v) is 2.67. The van der Waals surface area contributed by atoms with Gasteiger partial charge in [-0.3, -0.25) is 23.9 Å². The van der Waals surface area contributed by atoms with E-state index >= 15 is 0 Å². The summed E-state index contributed by atoms with van der Waals surface area (Å²) in [4.78, 5) is 34.5. The van der Waals surface area contributed by atoms with Crippen molar-refractivity contribution in [1.82, 2.24) is 14.3 Å². The minimum Gasteiger partial charge on any atom is -0.381 e. The SMILES string of the molecule is CC.COCC(OC)C(=O)NSC.COCn1ccc(=O)[nH]c1=O. The smallest absolute Gasteiger partial charge is 0.330 e. The fourth-order valence-electron chi connectivity index (χ4n) is 1.25. The number of ether oxygens (including phenoxy) is 3. The maximum atomic E-state index is 11.0. The van der Waals surface area contributed by atoms with Crippen LogP contribution in [-0.4, -0.2) is 55.8 Å². The van der Waals surface area contributed by atoms with E-state index in [9.17, 15) is 14.4 Å². The van der Waals surface area contributed by atoms with Gasteiger partial charge in [-0.15, -0.1) is 0 Å². The topological polar surface area (TPSA) is 112 Å². The molecular weight excluding hydrogens is 338 g/mol. The molecule has 0 spiro atoms. The predicted molar refractivity (Wildman–Crippen MR) is 94.0 cm³/mol. The average Bonchev–Trinajstić information content (AvgIpc) is 2.58. The van der Waals surface area contributed by atoms with Gasteiger partial charge in [-0.1, -0.05) is 25.8 Å². The fourth-order valence-corrected chi connectivity index (χ4v) is 1.59. The van der Waals surface area contributed by atoms with Crippen molar-refractivity contribution in [2.45, 2.75) is 26.7 Å². The summed E-state index contributed by atoms with van der Waals surface area (Å²) in [6.07, 6.45) is 2.65. The Bertz CT molecular complexity index is 546. The van der Waals surface area contributed by atoms with Crippen LogP contribution in [0, 0.1) is 0 Å². The van der Waals surface area contributed by atoms with Gasteiger partial charge in [0.05, 0.1) is 6.61 Å². The number of methoxy groups -OCH3 is 3. The van der Waals surface area contributed by atoms with Crippen LogP contribution in [0.15, 0.2) is 21.9 Å². The van der Waals surface area contributed by atoms with Crippen molar-refractivity contribution in [3.63, 3.8) is 0 Å².